The van der Waals surface area contributed by atoms with Crippen LogP contribution in [0.15, 0.2) is 6.07 Å². The fourth-order valence-electron chi connectivity index (χ4n) is 3.86. The number of rotatable bonds is 1. The van der Waals surface area contributed by atoms with Gasteiger partial charge in [-0.15, -0.1) is 0 Å². The quantitative estimate of drug-likeness (QED) is 0.863. The molecule has 2 aliphatic rings. The molecule has 1 saturated carbocycles. The molecule has 0 aromatic carbocycles. The maximum atomic E-state index is 12.7. The lowest BCUT2D eigenvalue weighted by Crippen LogP contribution is -2.59. The van der Waals surface area contributed by atoms with E-state index >= 15 is 0 Å². The summed E-state index contributed by atoms with van der Waals surface area (Å²) in [5.41, 5.74) is 1.28. The first-order valence-electron chi connectivity index (χ1n) is 8.10. The van der Waals surface area contributed by atoms with E-state index in [4.69, 9.17) is 4.74 Å². The highest BCUT2D eigenvalue weighted by molar-refractivity contribution is 5.87. The van der Waals surface area contributed by atoms with E-state index in [1.807, 2.05) is 37.2 Å². The number of carboxylic acid groups (broad SMARTS) is 1. The molecule has 1 fully saturated rings. The Morgan fingerprint density at radius 2 is 1.91 bits per heavy atom. The second-order valence-electron chi connectivity index (χ2n) is 7.54. The van der Waals surface area contributed by atoms with Gasteiger partial charge in [0.1, 0.15) is 11.3 Å². The van der Waals surface area contributed by atoms with E-state index in [9.17, 15) is 14.7 Å². The van der Waals surface area contributed by atoms with Crippen LogP contribution in [-0.2, 0) is 16.8 Å². The summed E-state index contributed by atoms with van der Waals surface area (Å²) in [4.78, 5) is 26.0. The predicted molar refractivity (Wildman–Crippen MR) is 84.6 cm³/mol. The summed E-state index contributed by atoms with van der Waals surface area (Å²) < 4.78 is 7.45. The zero-order valence-electron chi connectivity index (χ0n) is 14.2. The summed E-state index contributed by atoms with van der Waals surface area (Å²) >= 11 is 0. The largest absolute Gasteiger partial charge is 0.477 e. The molecule has 0 atom stereocenters. The third-order valence-corrected chi connectivity index (χ3v) is 4.81. The highest BCUT2D eigenvalue weighted by Gasteiger charge is 2.52. The molecule has 0 radical (unpaired) electrons. The van der Waals surface area contributed by atoms with Crippen LogP contribution in [0.3, 0.4) is 0 Å². The van der Waals surface area contributed by atoms with Crippen molar-refractivity contribution in [2.24, 2.45) is 0 Å². The second-order valence-corrected chi connectivity index (χ2v) is 7.54. The standard InChI is InChI=1S/C17H24N2O4/c1-11-10-12(14(20)21)18-8-9-19(15(22)23-16(2,3)4)17(13(11)18)6-5-7-17/h10H,5-9H2,1-4H3,(H,20,21). The van der Waals surface area contributed by atoms with Crippen LogP contribution in [0.25, 0.3) is 0 Å². The minimum absolute atomic E-state index is 0.305. The van der Waals surface area contributed by atoms with E-state index in [0.717, 1.165) is 30.5 Å². The average molecular weight is 320 g/mol. The molecule has 1 aliphatic heterocycles. The van der Waals surface area contributed by atoms with E-state index < -0.39 is 17.1 Å². The fraction of sp³-hybridized carbons (Fsp3) is 0.647. The number of aromatic nitrogens is 1. The number of nitrogens with zero attached hydrogens (tertiary/aromatic N) is 2. The normalized spacial score (nSPS) is 19.2. The van der Waals surface area contributed by atoms with Crippen LogP contribution in [0.2, 0.25) is 0 Å². The van der Waals surface area contributed by atoms with E-state index in [0.29, 0.717) is 18.8 Å². The van der Waals surface area contributed by atoms with E-state index in [1.54, 1.807) is 6.07 Å². The molecule has 1 aromatic rings. The molecule has 0 unspecified atom stereocenters. The van der Waals surface area contributed by atoms with Gasteiger partial charge in [-0.3, -0.25) is 4.90 Å². The van der Waals surface area contributed by atoms with Crippen molar-refractivity contribution >= 4 is 12.1 Å². The number of fused-ring (bicyclic) bond motifs is 2. The van der Waals surface area contributed by atoms with Crippen molar-refractivity contribution in [3.8, 4) is 0 Å². The van der Waals surface area contributed by atoms with Gasteiger partial charge in [-0.1, -0.05) is 0 Å². The van der Waals surface area contributed by atoms with E-state index in [-0.39, 0.29) is 6.09 Å². The maximum Gasteiger partial charge on any atom is 0.411 e. The first kappa shape index (κ1) is 15.9. The highest BCUT2D eigenvalue weighted by Crippen LogP contribution is 2.50. The molecular weight excluding hydrogens is 296 g/mol. The molecule has 1 aromatic heterocycles. The van der Waals surface area contributed by atoms with Crippen molar-refractivity contribution in [1.29, 1.82) is 0 Å². The lowest BCUT2D eigenvalue weighted by Gasteiger charge is -2.53. The smallest absolute Gasteiger partial charge is 0.411 e. The lowest BCUT2D eigenvalue weighted by atomic mass is 9.71. The molecule has 23 heavy (non-hydrogen) atoms. The first-order chi connectivity index (χ1) is 10.7. The third-order valence-electron chi connectivity index (χ3n) is 4.81. The van der Waals surface area contributed by atoms with Crippen LogP contribution in [0.4, 0.5) is 4.79 Å². The van der Waals surface area contributed by atoms with Crippen molar-refractivity contribution in [3.05, 3.63) is 23.0 Å². The molecular formula is C17H24N2O4. The van der Waals surface area contributed by atoms with Crippen molar-refractivity contribution in [3.63, 3.8) is 0 Å². The van der Waals surface area contributed by atoms with E-state index in [2.05, 4.69) is 0 Å². The van der Waals surface area contributed by atoms with Gasteiger partial charge in [0.25, 0.3) is 0 Å². The number of carbonyl (C=O) groups excluding carboxylic acids is 1. The van der Waals surface area contributed by atoms with Crippen molar-refractivity contribution in [2.45, 2.75) is 64.6 Å². The Kier molecular flexibility index (Phi) is 3.46. The first-order valence-corrected chi connectivity index (χ1v) is 8.10. The zero-order chi connectivity index (χ0) is 17.0. The number of amides is 1. The number of hydrogen-bond acceptors (Lipinski definition) is 3. The SMILES string of the molecule is Cc1cc(C(=O)O)n2c1C1(CCC1)N(C(=O)OC(C)(C)C)CC2. The summed E-state index contributed by atoms with van der Waals surface area (Å²) in [6.45, 7) is 8.48. The van der Waals surface area contributed by atoms with Crippen LogP contribution in [0.1, 0.15) is 61.8 Å². The van der Waals surface area contributed by atoms with Gasteiger partial charge < -0.3 is 14.4 Å². The molecule has 6 nitrogen and oxygen atoms in total. The molecule has 1 aliphatic carbocycles. The third kappa shape index (κ3) is 2.40. The Balaban J connectivity index is 2.02. The van der Waals surface area contributed by atoms with Gasteiger partial charge in [-0.2, -0.15) is 0 Å². The molecule has 1 N–H and O–H groups in total. The molecule has 1 amide bonds. The molecule has 1 spiro atoms. The van der Waals surface area contributed by atoms with E-state index in [1.165, 1.54) is 0 Å². The minimum Gasteiger partial charge on any atom is -0.477 e. The van der Waals surface area contributed by atoms with Gasteiger partial charge in [0, 0.05) is 18.8 Å². The van der Waals surface area contributed by atoms with Crippen molar-refractivity contribution in [1.82, 2.24) is 9.47 Å². The Labute approximate surface area is 136 Å². The number of aromatic carboxylic acids is 1. The fourth-order valence-corrected chi connectivity index (χ4v) is 3.86. The number of ether oxygens (including phenoxy) is 1. The second kappa shape index (κ2) is 5.01. The lowest BCUT2D eigenvalue weighted by molar-refractivity contribution is -0.0429. The number of carboxylic acids is 1. The van der Waals surface area contributed by atoms with Gasteiger partial charge in [0.2, 0.25) is 0 Å². The molecule has 126 valence electrons. The molecule has 0 saturated heterocycles. The summed E-state index contributed by atoms with van der Waals surface area (Å²) in [6, 6.07) is 1.72. The summed E-state index contributed by atoms with van der Waals surface area (Å²) in [7, 11) is 0. The van der Waals surface area contributed by atoms with Crippen molar-refractivity contribution < 1.29 is 19.4 Å². The van der Waals surface area contributed by atoms with Gasteiger partial charge in [0.15, 0.2) is 0 Å². The summed E-state index contributed by atoms with van der Waals surface area (Å²) in [6.07, 6.45) is 2.44. The molecule has 2 heterocycles. The zero-order valence-corrected chi connectivity index (χ0v) is 14.2. The monoisotopic (exact) mass is 320 g/mol. The number of aryl methyl sites for hydroxylation is 1. The topological polar surface area (TPSA) is 71.8 Å². The van der Waals surface area contributed by atoms with Gasteiger partial charge in [0.05, 0.1) is 5.54 Å². The number of carbonyl (C=O) groups is 2. The Bertz CT molecular complexity index is 665. The Morgan fingerprint density at radius 3 is 2.39 bits per heavy atom. The Morgan fingerprint density at radius 1 is 1.26 bits per heavy atom. The molecule has 3 rings (SSSR count). The van der Waals surface area contributed by atoms with Crippen LogP contribution < -0.4 is 0 Å². The highest BCUT2D eigenvalue weighted by atomic mass is 16.6. The van der Waals surface area contributed by atoms with Crippen LogP contribution >= 0.6 is 0 Å². The van der Waals surface area contributed by atoms with Gasteiger partial charge >= 0.3 is 12.1 Å². The molecule has 6 heteroatoms. The summed E-state index contributed by atoms with van der Waals surface area (Å²) in [5, 5.41) is 9.42. The number of hydrogen-bond donors (Lipinski definition) is 1. The predicted octanol–water partition coefficient (Wildman–Crippen LogP) is 3.12. The maximum absolute atomic E-state index is 12.7. The Hall–Kier alpha value is -1.98. The average Bonchev–Trinajstić information content (AvgIpc) is 2.72. The minimum atomic E-state index is -0.917. The van der Waals surface area contributed by atoms with Crippen LogP contribution in [-0.4, -0.2) is 38.8 Å². The molecule has 0 bridgehead atoms. The van der Waals surface area contributed by atoms with Crippen molar-refractivity contribution in [2.75, 3.05) is 6.54 Å². The van der Waals surface area contributed by atoms with Gasteiger partial charge in [-0.25, -0.2) is 9.59 Å². The van der Waals surface area contributed by atoms with Gasteiger partial charge in [-0.05, 0) is 58.6 Å². The van der Waals surface area contributed by atoms with Crippen LogP contribution in [0, 0.1) is 6.92 Å². The summed E-state index contributed by atoms with van der Waals surface area (Å²) in [5.74, 6) is -0.917. The van der Waals surface area contributed by atoms with Crippen LogP contribution in [0.5, 0.6) is 0 Å².